The van der Waals surface area contributed by atoms with Gasteiger partial charge in [-0.2, -0.15) is 0 Å². The fourth-order valence-electron chi connectivity index (χ4n) is 4.17. The molecule has 0 fully saturated rings. The van der Waals surface area contributed by atoms with E-state index in [0.29, 0.717) is 30.9 Å². The van der Waals surface area contributed by atoms with Gasteiger partial charge in [0.15, 0.2) is 0 Å². The number of carbonyl (C=O) groups excluding carboxylic acids is 1. The molecule has 0 radical (unpaired) electrons. The highest BCUT2D eigenvalue weighted by Crippen LogP contribution is 2.23. The van der Waals surface area contributed by atoms with Crippen molar-refractivity contribution in [3.8, 4) is 11.4 Å². The lowest BCUT2D eigenvalue weighted by atomic mass is 10.2. The van der Waals surface area contributed by atoms with Crippen LogP contribution in [0.25, 0.3) is 5.69 Å². The maximum atomic E-state index is 12.6. The van der Waals surface area contributed by atoms with Crippen molar-refractivity contribution in [2.75, 3.05) is 5.32 Å². The van der Waals surface area contributed by atoms with Crippen LogP contribution in [0.1, 0.15) is 33.1 Å². The fourth-order valence-corrected chi connectivity index (χ4v) is 4.17. The van der Waals surface area contributed by atoms with E-state index in [1.165, 1.54) is 0 Å². The summed E-state index contributed by atoms with van der Waals surface area (Å²) in [5, 5.41) is 13.2. The Morgan fingerprint density at radius 1 is 0.974 bits per heavy atom. The van der Waals surface area contributed by atoms with E-state index in [2.05, 4.69) is 25.2 Å². The highest BCUT2D eigenvalue weighted by atomic mass is 16.3. The molecule has 9 heteroatoms. The molecule has 9 nitrogen and oxygen atoms in total. The molecule has 0 bridgehead atoms. The number of imidazole rings is 2. The van der Waals surface area contributed by atoms with E-state index in [-0.39, 0.29) is 11.7 Å². The number of phenolic OH excluding ortho intramolecular Hbond substituents is 1. The second-order valence-electron chi connectivity index (χ2n) is 9.22. The Morgan fingerprint density at radius 3 is 2.53 bits per heavy atom. The lowest BCUT2D eigenvalue weighted by Gasteiger charge is -2.21. The average molecular weight is 508 g/mol. The van der Waals surface area contributed by atoms with Gasteiger partial charge in [-0.3, -0.25) is 14.7 Å². The number of rotatable bonds is 9. The van der Waals surface area contributed by atoms with Crippen molar-refractivity contribution in [2.45, 2.75) is 26.6 Å². The van der Waals surface area contributed by atoms with Gasteiger partial charge in [-0.25, -0.2) is 9.97 Å². The van der Waals surface area contributed by atoms with E-state index in [1.807, 2.05) is 84.0 Å². The molecule has 2 aromatic carbocycles. The van der Waals surface area contributed by atoms with Crippen molar-refractivity contribution in [3.63, 3.8) is 0 Å². The van der Waals surface area contributed by atoms with Crippen molar-refractivity contribution in [1.29, 1.82) is 0 Å². The summed E-state index contributed by atoms with van der Waals surface area (Å²) in [6, 6.07) is 18.5. The molecule has 0 saturated carbocycles. The van der Waals surface area contributed by atoms with Gasteiger partial charge >= 0.3 is 0 Å². The van der Waals surface area contributed by atoms with E-state index in [4.69, 9.17) is 0 Å². The molecule has 0 aliphatic rings. The van der Waals surface area contributed by atoms with Gasteiger partial charge in [0.05, 0.1) is 35.5 Å². The van der Waals surface area contributed by atoms with Gasteiger partial charge in [0.25, 0.3) is 5.91 Å². The van der Waals surface area contributed by atoms with Crippen molar-refractivity contribution < 1.29 is 9.90 Å². The Labute approximate surface area is 221 Å². The SMILES string of the molecule is Cc1ccc(O)c(-n2cnc(CN(Cc3ccc(C(=O)Nc4ccccc4)cn3)Cc3nccn3C)c2)c1. The maximum absolute atomic E-state index is 12.6. The molecular weight excluding hydrogens is 478 g/mol. The molecule has 5 rings (SSSR count). The van der Waals surface area contributed by atoms with Crippen LogP contribution in [0.15, 0.2) is 91.8 Å². The molecule has 0 spiro atoms. The molecule has 0 aliphatic heterocycles. The quantitative estimate of drug-likeness (QED) is 0.305. The Morgan fingerprint density at radius 2 is 1.79 bits per heavy atom. The summed E-state index contributed by atoms with van der Waals surface area (Å²) in [6.45, 7) is 3.66. The summed E-state index contributed by atoms with van der Waals surface area (Å²) in [6.07, 6.45) is 8.93. The summed E-state index contributed by atoms with van der Waals surface area (Å²) >= 11 is 0. The zero-order valence-corrected chi connectivity index (χ0v) is 21.3. The van der Waals surface area contributed by atoms with Crippen molar-refractivity contribution in [3.05, 3.63) is 120 Å². The average Bonchev–Trinajstić information content (AvgIpc) is 3.55. The number of phenols is 1. The number of hydrogen-bond donors (Lipinski definition) is 2. The predicted molar refractivity (Wildman–Crippen MR) is 145 cm³/mol. The standard InChI is InChI=1S/C29H29N7O2/c1-21-8-11-27(37)26(14-21)36-18-25(32-20-36)17-35(19-28-30-12-13-34(28)2)16-24-10-9-22(15-31-24)29(38)33-23-6-4-3-5-7-23/h3-15,18,20,37H,16-17,19H2,1-2H3,(H,33,38). The summed E-state index contributed by atoms with van der Waals surface area (Å²) in [7, 11) is 1.97. The zero-order chi connectivity index (χ0) is 26.5. The third kappa shape index (κ3) is 5.96. The first-order valence-corrected chi connectivity index (χ1v) is 12.3. The van der Waals surface area contributed by atoms with Crippen LogP contribution >= 0.6 is 0 Å². The van der Waals surface area contributed by atoms with E-state index < -0.39 is 0 Å². The predicted octanol–water partition coefficient (Wildman–Crippen LogP) is 4.47. The van der Waals surface area contributed by atoms with Crippen LogP contribution in [0, 0.1) is 6.92 Å². The van der Waals surface area contributed by atoms with Gasteiger partial charge in [-0.05, 0) is 48.9 Å². The van der Waals surface area contributed by atoms with Gasteiger partial charge in [0, 0.05) is 50.6 Å². The number of aromatic nitrogens is 5. The number of para-hydroxylation sites is 1. The lowest BCUT2D eigenvalue weighted by Crippen LogP contribution is -2.25. The molecule has 0 saturated heterocycles. The number of nitrogens with zero attached hydrogens (tertiary/aromatic N) is 6. The number of benzene rings is 2. The summed E-state index contributed by atoms with van der Waals surface area (Å²) in [5.41, 5.74) is 4.64. The van der Waals surface area contributed by atoms with Gasteiger partial charge in [-0.1, -0.05) is 24.3 Å². The van der Waals surface area contributed by atoms with Crippen LogP contribution in [-0.4, -0.2) is 40.0 Å². The zero-order valence-electron chi connectivity index (χ0n) is 21.3. The smallest absolute Gasteiger partial charge is 0.257 e. The maximum Gasteiger partial charge on any atom is 0.257 e. The number of amides is 1. The van der Waals surface area contributed by atoms with E-state index in [9.17, 15) is 9.90 Å². The third-order valence-corrected chi connectivity index (χ3v) is 6.22. The first kappa shape index (κ1) is 24.9. The molecule has 0 aliphatic carbocycles. The minimum atomic E-state index is -0.204. The molecule has 38 heavy (non-hydrogen) atoms. The number of aromatic hydroxyl groups is 1. The Balaban J connectivity index is 1.32. The van der Waals surface area contributed by atoms with Crippen LogP contribution in [0.3, 0.4) is 0 Å². The van der Waals surface area contributed by atoms with E-state index in [0.717, 1.165) is 28.5 Å². The molecule has 0 unspecified atom stereocenters. The number of aryl methyl sites for hydroxylation is 2. The number of anilines is 1. The molecule has 2 N–H and O–H groups in total. The van der Waals surface area contributed by atoms with Gasteiger partial charge in [0.2, 0.25) is 0 Å². The third-order valence-electron chi connectivity index (χ3n) is 6.22. The molecule has 192 valence electrons. The first-order valence-electron chi connectivity index (χ1n) is 12.3. The Hall–Kier alpha value is -4.76. The molecule has 0 atom stereocenters. The number of nitrogens with one attached hydrogen (secondary N) is 1. The summed E-state index contributed by atoms with van der Waals surface area (Å²) in [4.78, 5) is 28.4. The highest BCUT2D eigenvalue weighted by Gasteiger charge is 2.15. The fraction of sp³-hybridized carbons (Fsp3) is 0.172. The van der Waals surface area contributed by atoms with Crippen molar-refractivity contribution in [2.24, 2.45) is 7.05 Å². The topological polar surface area (TPSA) is 101 Å². The molecule has 3 aromatic heterocycles. The van der Waals surface area contributed by atoms with Gasteiger partial charge in [-0.15, -0.1) is 0 Å². The van der Waals surface area contributed by atoms with Crippen molar-refractivity contribution >= 4 is 11.6 Å². The normalized spacial score (nSPS) is 11.1. The Bertz CT molecular complexity index is 1520. The van der Waals surface area contributed by atoms with Crippen LogP contribution in [0.4, 0.5) is 5.69 Å². The van der Waals surface area contributed by atoms with E-state index in [1.54, 1.807) is 30.9 Å². The van der Waals surface area contributed by atoms with Crippen LogP contribution in [-0.2, 0) is 26.7 Å². The number of hydrogen-bond acceptors (Lipinski definition) is 6. The van der Waals surface area contributed by atoms with Gasteiger partial charge < -0.3 is 19.6 Å². The largest absolute Gasteiger partial charge is 0.506 e. The molecule has 5 aromatic rings. The highest BCUT2D eigenvalue weighted by molar-refractivity contribution is 6.04. The summed E-state index contributed by atoms with van der Waals surface area (Å²) in [5.74, 6) is 0.912. The second kappa shape index (κ2) is 11.1. The van der Waals surface area contributed by atoms with Crippen molar-refractivity contribution in [1.82, 2.24) is 29.0 Å². The lowest BCUT2D eigenvalue weighted by molar-refractivity contribution is 0.102. The molecule has 3 heterocycles. The van der Waals surface area contributed by atoms with Gasteiger partial charge in [0.1, 0.15) is 11.6 Å². The van der Waals surface area contributed by atoms with Crippen LogP contribution in [0.2, 0.25) is 0 Å². The van der Waals surface area contributed by atoms with Crippen LogP contribution in [0.5, 0.6) is 5.75 Å². The number of pyridine rings is 1. The molecule has 1 amide bonds. The first-order chi connectivity index (χ1) is 18.4. The minimum Gasteiger partial charge on any atom is -0.506 e. The van der Waals surface area contributed by atoms with Crippen LogP contribution < -0.4 is 5.32 Å². The monoisotopic (exact) mass is 507 g/mol. The van der Waals surface area contributed by atoms with E-state index >= 15 is 0 Å². The molecular formula is C29H29N7O2. The number of carbonyl (C=O) groups is 1. The summed E-state index contributed by atoms with van der Waals surface area (Å²) < 4.78 is 3.82. The minimum absolute atomic E-state index is 0.199. The Kier molecular flexibility index (Phi) is 7.28. The second-order valence-corrected chi connectivity index (χ2v) is 9.22.